The number of ether oxygens (including phenoxy) is 2. The van der Waals surface area contributed by atoms with Gasteiger partial charge in [0.2, 0.25) is 0 Å². The van der Waals surface area contributed by atoms with E-state index in [0.717, 1.165) is 6.33 Å². The largest absolute Gasteiger partial charge is 0.472 e. The number of phosphoric ester groups is 2. The molecule has 3 aromatic heterocycles. The van der Waals surface area contributed by atoms with Crippen LogP contribution >= 0.6 is 15.6 Å². The molecule has 0 amide bonds. The van der Waals surface area contributed by atoms with Crippen LogP contribution in [0.3, 0.4) is 0 Å². The van der Waals surface area contributed by atoms with E-state index in [-0.39, 0.29) is 23.0 Å². The number of phosphoric acid groups is 2. The first kappa shape index (κ1) is 29.8. The topological polar surface area (TPSA) is 282 Å². The molecule has 0 saturated carbocycles. The number of nitrogens with zero attached hydrogens (tertiary/aromatic N) is 7. The molecule has 7 N–H and O–H groups in total. The Kier molecular flexibility index (Phi) is 7.35. The average Bonchev–Trinajstić information content (AvgIpc) is 3.73. The third kappa shape index (κ3) is 5.14. The summed E-state index contributed by atoms with van der Waals surface area (Å²) in [6, 6.07) is -0.320. The first-order valence-electron chi connectivity index (χ1n) is 13.2. The molecule has 4 aliphatic rings. The van der Waals surface area contributed by atoms with Crippen LogP contribution in [-0.2, 0) is 36.7 Å². The van der Waals surface area contributed by atoms with E-state index in [1.165, 1.54) is 28.1 Å². The molecule has 44 heavy (non-hydrogen) atoms. The van der Waals surface area contributed by atoms with Gasteiger partial charge in [-0.1, -0.05) is 0 Å². The summed E-state index contributed by atoms with van der Waals surface area (Å²) < 4.78 is 62.0. The maximum absolute atomic E-state index is 13.2. The summed E-state index contributed by atoms with van der Waals surface area (Å²) in [7, 11) is -9.99. The molecule has 3 saturated heterocycles. The van der Waals surface area contributed by atoms with Crippen molar-refractivity contribution < 1.29 is 56.7 Å². The van der Waals surface area contributed by atoms with E-state index in [9.17, 15) is 29.1 Å². The highest BCUT2D eigenvalue weighted by Gasteiger charge is 2.54. The summed E-state index contributed by atoms with van der Waals surface area (Å²) in [6.07, 6.45) is -6.74. The van der Waals surface area contributed by atoms with Crippen molar-refractivity contribution in [2.45, 2.75) is 62.0 Å². The van der Waals surface area contributed by atoms with Crippen molar-refractivity contribution >= 4 is 44.8 Å². The molecule has 11 atom stereocenters. The molecule has 0 aliphatic carbocycles. The second-order valence-electron chi connectivity index (χ2n) is 10.3. The first-order valence-corrected chi connectivity index (χ1v) is 16.2. The van der Waals surface area contributed by atoms with Gasteiger partial charge in [-0.3, -0.25) is 32.2 Å². The zero-order chi connectivity index (χ0) is 31.0. The number of rotatable bonds is 2. The van der Waals surface area contributed by atoms with Crippen LogP contribution in [0.15, 0.2) is 24.0 Å². The van der Waals surface area contributed by atoms with Crippen LogP contribution in [0.1, 0.15) is 31.1 Å². The Morgan fingerprint density at radius 1 is 0.909 bits per heavy atom. The zero-order valence-corrected chi connectivity index (χ0v) is 24.4. The van der Waals surface area contributed by atoms with Gasteiger partial charge in [-0.05, 0) is 6.92 Å². The van der Waals surface area contributed by atoms with Crippen LogP contribution < -0.4 is 11.1 Å². The first-order chi connectivity index (χ1) is 20.9. The van der Waals surface area contributed by atoms with Gasteiger partial charge in [0.05, 0.1) is 38.2 Å². The molecule has 4 aliphatic heterocycles. The SMILES string of the molecule is CC1N=CNc2c1ncn2C1OC2COP(=O)(O)OC3C(O)C(COP(=O)(O)OC1C2O)OC3n1cnc2c(N)ncnc21. The van der Waals surface area contributed by atoms with Gasteiger partial charge in [0.25, 0.3) is 0 Å². The molecule has 238 valence electrons. The summed E-state index contributed by atoms with van der Waals surface area (Å²) in [6.45, 7) is 0.310. The fourth-order valence-corrected chi connectivity index (χ4v) is 7.32. The lowest BCUT2D eigenvalue weighted by Crippen LogP contribution is -2.38. The number of hydrogen-bond donors (Lipinski definition) is 6. The molecule has 11 unspecified atom stereocenters. The van der Waals surface area contributed by atoms with Crippen LogP contribution in [0.2, 0.25) is 0 Å². The number of nitrogens with two attached hydrogens (primary N) is 1. The fourth-order valence-electron chi connectivity index (χ4n) is 5.45. The van der Waals surface area contributed by atoms with Gasteiger partial charge in [0.1, 0.15) is 60.0 Å². The quantitative estimate of drug-likeness (QED) is 0.186. The van der Waals surface area contributed by atoms with Gasteiger partial charge in [-0.25, -0.2) is 29.1 Å². The average molecular weight is 659 g/mol. The Bertz CT molecular complexity index is 1700. The molecule has 4 bridgehead atoms. The van der Waals surface area contributed by atoms with Crippen molar-refractivity contribution in [3.05, 3.63) is 24.7 Å². The molecule has 7 rings (SSSR count). The van der Waals surface area contributed by atoms with Crippen LogP contribution in [0, 0.1) is 0 Å². The lowest BCUT2D eigenvalue weighted by molar-refractivity contribution is -0.0679. The lowest BCUT2D eigenvalue weighted by Gasteiger charge is -2.26. The van der Waals surface area contributed by atoms with Gasteiger partial charge < -0.3 is 40.5 Å². The number of fused-ring (bicyclic) bond motifs is 6. The van der Waals surface area contributed by atoms with Crippen molar-refractivity contribution in [1.82, 2.24) is 29.1 Å². The molecular weight excluding hydrogens is 632 g/mol. The van der Waals surface area contributed by atoms with E-state index >= 15 is 0 Å². The van der Waals surface area contributed by atoms with E-state index in [4.69, 9.17) is 33.3 Å². The summed E-state index contributed by atoms with van der Waals surface area (Å²) >= 11 is 0. The van der Waals surface area contributed by atoms with E-state index < -0.39 is 77.9 Å². The maximum Gasteiger partial charge on any atom is 0.472 e. The molecular formula is C21H27N9O12P2. The van der Waals surface area contributed by atoms with E-state index in [1.807, 2.05) is 0 Å². The third-order valence-electron chi connectivity index (χ3n) is 7.59. The maximum atomic E-state index is 13.2. The van der Waals surface area contributed by atoms with E-state index in [2.05, 4.69) is 30.2 Å². The summed E-state index contributed by atoms with van der Waals surface area (Å²) in [5, 5.41) is 25.1. The van der Waals surface area contributed by atoms with E-state index in [0.29, 0.717) is 11.5 Å². The van der Waals surface area contributed by atoms with Crippen LogP contribution in [-0.4, -0.2) is 105 Å². The molecule has 3 aromatic rings. The Morgan fingerprint density at radius 3 is 2.14 bits per heavy atom. The van der Waals surface area contributed by atoms with Gasteiger partial charge in [0.15, 0.2) is 23.9 Å². The molecule has 21 nitrogen and oxygen atoms in total. The predicted octanol–water partition coefficient (Wildman–Crippen LogP) is -0.645. The second kappa shape index (κ2) is 10.9. The highest BCUT2D eigenvalue weighted by atomic mass is 31.2. The van der Waals surface area contributed by atoms with Crippen molar-refractivity contribution in [3.8, 4) is 0 Å². The molecule has 3 fully saturated rings. The van der Waals surface area contributed by atoms with Crippen molar-refractivity contribution in [1.29, 1.82) is 0 Å². The van der Waals surface area contributed by atoms with E-state index in [1.54, 1.807) is 6.92 Å². The Labute approximate surface area is 246 Å². The Morgan fingerprint density at radius 2 is 1.50 bits per heavy atom. The minimum Gasteiger partial charge on any atom is -0.387 e. The van der Waals surface area contributed by atoms with Crippen LogP contribution in [0.4, 0.5) is 11.6 Å². The summed E-state index contributed by atoms with van der Waals surface area (Å²) in [4.78, 5) is 42.0. The minimum absolute atomic E-state index is 0.0408. The smallest absolute Gasteiger partial charge is 0.387 e. The predicted molar refractivity (Wildman–Crippen MR) is 144 cm³/mol. The number of aliphatic imine (C=N–C) groups is 1. The van der Waals surface area contributed by atoms with Crippen LogP contribution in [0.5, 0.6) is 0 Å². The number of anilines is 2. The van der Waals surface area contributed by atoms with Crippen molar-refractivity contribution in [2.75, 3.05) is 24.3 Å². The molecule has 0 radical (unpaired) electrons. The van der Waals surface area contributed by atoms with Gasteiger partial charge in [-0.2, -0.15) is 0 Å². The lowest BCUT2D eigenvalue weighted by atomic mass is 10.1. The number of nitrogens with one attached hydrogen (secondary N) is 1. The summed E-state index contributed by atoms with van der Waals surface area (Å²) in [5.41, 5.74) is 6.71. The van der Waals surface area contributed by atoms with Crippen molar-refractivity contribution in [3.63, 3.8) is 0 Å². The van der Waals surface area contributed by atoms with Gasteiger partial charge >= 0.3 is 15.6 Å². The second-order valence-corrected chi connectivity index (χ2v) is 13.2. The van der Waals surface area contributed by atoms with Gasteiger partial charge in [0, 0.05) is 0 Å². The van der Waals surface area contributed by atoms with Gasteiger partial charge in [-0.15, -0.1) is 0 Å². The fraction of sp³-hybridized carbons (Fsp3) is 0.571. The van der Waals surface area contributed by atoms with Crippen molar-refractivity contribution in [2.24, 2.45) is 4.99 Å². The minimum atomic E-state index is -5.00. The monoisotopic (exact) mass is 659 g/mol. The molecule has 0 aromatic carbocycles. The zero-order valence-electron chi connectivity index (χ0n) is 22.6. The summed E-state index contributed by atoms with van der Waals surface area (Å²) in [5.74, 6) is 0.459. The molecule has 0 spiro atoms. The highest BCUT2D eigenvalue weighted by molar-refractivity contribution is 7.47. The molecule has 7 heterocycles. The number of aromatic nitrogens is 6. The van der Waals surface area contributed by atoms with Crippen LogP contribution in [0.25, 0.3) is 11.2 Å². The standard InChI is InChI=1S/C21H27N9O12P2/c1-8-11-18(25-4-23-8)29(6-27-11)20-15-13(31)9(39-20)2-37-44(35,36)42-16-14(32)10(3-38-43(33,34)41-15)40-21(16)30-7-28-12-17(22)24-5-26-19(12)30/h4-10,13-16,20-21,31-32H,2-3H2,1H3,(H,23,25)(H,33,34)(H,35,36)(H2,22,24,26). The third-order valence-corrected chi connectivity index (χ3v) is 9.56. The normalized spacial score (nSPS) is 40.9. The number of aliphatic hydroxyl groups is 2. The number of aliphatic hydroxyl groups excluding tert-OH is 2. The number of hydrogen-bond acceptors (Lipinski definition) is 17. The number of imidazole rings is 2. The highest BCUT2D eigenvalue weighted by Crippen LogP contribution is 2.54. The Hall–Kier alpha value is -2.91. The molecule has 23 heteroatoms. The number of nitrogen functional groups attached to an aromatic ring is 1. The Balaban J connectivity index is 1.20.